The molecular weight excluding hydrogens is 457 g/mol. The van der Waals surface area contributed by atoms with Gasteiger partial charge in [-0.2, -0.15) is 0 Å². The number of amidine groups is 1. The fraction of sp³-hybridized carbons (Fsp3) is 0.480. The molecular formula is C25H34FN3O4S. The summed E-state index contributed by atoms with van der Waals surface area (Å²) in [4.78, 5) is 4.34. The van der Waals surface area contributed by atoms with E-state index >= 15 is 0 Å². The third kappa shape index (κ3) is 6.55. The molecule has 0 spiro atoms. The number of aliphatic hydroxyl groups excluding tert-OH is 1. The van der Waals surface area contributed by atoms with Crippen molar-refractivity contribution < 1.29 is 22.7 Å². The first-order chi connectivity index (χ1) is 16.2. The Labute approximate surface area is 201 Å². The Kier molecular flexibility index (Phi) is 8.67. The summed E-state index contributed by atoms with van der Waals surface area (Å²) < 4.78 is 49.1. The summed E-state index contributed by atoms with van der Waals surface area (Å²) in [5.74, 6) is -0.476. The van der Waals surface area contributed by atoms with Crippen molar-refractivity contribution in [2.75, 3.05) is 20.2 Å². The zero-order valence-corrected chi connectivity index (χ0v) is 20.7. The highest BCUT2D eigenvalue weighted by Crippen LogP contribution is 2.31. The van der Waals surface area contributed by atoms with Crippen molar-refractivity contribution in [1.82, 2.24) is 10.0 Å². The lowest BCUT2D eigenvalue weighted by Gasteiger charge is -2.39. The summed E-state index contributed by atoms with van der Waals surface area (Å²) >= 11 is 0. The van der Waals surface area contributed by atoms with Gasteiger partial charge in [-0.15, -0.1) is 0 Å². The van der Waals surface area contributed by atoms with Crippen LogP contribution in [0.25, 0.3) is 0 Å². The minimum absolute atomic E-state index is 0.125. The van der Waals surface area contributed by atoms with Crippen LogP contribution in [0.2, 0.25) is 0 Å². The molecule has 1 fully saturated rings. The second kappa shape index (κ2) is 11.3. The maximum absolute atomic E-state index is 14.3. The first-order valence-electron chi connectivity index (χ1n) is 11.5. The Balaban J connectivity index is 1.78. The number of sulfonamides is 1. The Bertz CT molecular complexity index is 1090. The number of aryl methyl sites for hydroxylation is 1. The van der Waals surface area contributed by atoms with Gasteiger partial charge in [-0.3, -0.25) is 0 Å². The maximum Gasteiger partial charge on any atom is 0.299 e. The molecule has 2 unspecified atom stereocenters. The van der Waals surface area contributed by atoms with Crippen LogP contribution in [-0.4, -0.2) is 50.6 Å². The molecule has 9 heteroatoms. The van der Waals surface area contributed by atoms with E-state index in [4.69, 9.17) is 4.74 Å². The topological polar surface area (TPSA) is 100 Å². The quantitative estimate of drug-likeness (QED) is 0.444. The zero-order valence-electron chi connectivity index (χ0n) is 19.9. The number of hydrogen-bond acceptors (Lipinski definition) is 6. The average Bonchev–Trinajstić information content (AvgIpc) is 2.77. The monoisotopic (exact) mass is 491 g/mol. The molecule has 0 amide bonds. The Hall–Kier alpha value is -2.49. The number of benzene rings is 2. The molecule has 7 nitrogen and oxygen atoms in total. The molecule has 1 aliphatic heterocycles. The minimum atomic E-state index is -3.83. The van der Waals surface area contributed by atoms with Crippen LogP contribution in [0.5, 0.6) is 0 Å². The fourth-order valence-electron chi connectivity index (χ4n) is 4.13. The molecule has 0 radical (unpaired) electrons. The maximum atomic E-state index is 14.3. The predicted molar refractivity (Wildman–Crippen MR) is 132 cm³/mol. The third-order valence-corrected chi connectivity index (χ3v) is 7.96. The van der Waals surface area contributed by atoms with Gasteiger partial charge >= 0.3 is 0 Å². The summed E-state index contributed by atoms with van der Waals surface area (Å²) in [6.07, 6.45) is 2.39. The molecule has 2 atom stereocenters. The number of halogens is 1. The molecule has 3 rings (SSSR count). The van der Waals surface area contributed by atoms with Gasteiger partial charge in [0.15, 0.2) is 0 Å². The van der Waals surface area contributed by atoms with Gasteiger partial charge in [-0.1, -0.05) is 42.5 Å². The lowest BCUT2D eigenvalue weighted by molar-refractivity contribution is 0.0759. The summed E-state index contributed by atoms with van der Waals surface area (Å²) in [6, 6.07) is 13.1. The molecule has 186 valence electrons. The average molecular weight is 492 g/mol. The Morgan fingerprint density at radius 2 is 1.85 bits per heavy atom. The summed E-state index contributed by atoms with van der Waals surface area (Å²) in [6.45, 7) is 4.13. The molecule has 1 heterocycles. The Morgan fingerprint density at radius 1 is 1.18 bits per heavy atom. The van der Waals surface area contributed by atoms with E-state index < -0.39 is 32.7 Å². The van der Waals surface area contributed by atoms with E-state index in [1.807, 2.05) is 31.3 Å². The van der Waals surface area contributed by atoms with Crippen LogP contribution in [0.4, 0.5) is 4.39 Å². The molecule has 0 bridgehead atoms. The van der Waals surface area contributed by atoms with Crippen LogP contribution in [0.3, 0.4) is 0 Å². The standard InChI is InChI=1S/C25H34FN3O4S/c1-25(2)23(17-19-12-10-18(11-13-19)7-6-15-27-3)34(31,32)29-24(33-25)28-22(14-16-30)20-8-4-5-9-21(20)26/h4-5,8-13,22-23,27,30H,6-7,14-17H2,1-3H3,(H,28,29). The van der Waals surface area contributed by atoms with Crippen molar-refractivity contribution in [1.29, 1.82) is 0 Å². The van der Waals surface area contributed by atoms with Crippen molar-refractivity contribution in [3.63, 3.8) is 0 Å². The molecule has 3 N–H and O–H groups in total. The van der Waals surface area contributed by atoms with Gasteiger partial charge in [0.2, 0.25) is 10.0 Å². The van der Waals surface area contributed by atoms with Crippen LogP contribution in [-0.2, 0) is 27.6 Å². The number of nitrogens with one attached hydrogen (secondary N) is 2. The molecule has 1 saturated heterocycles. The number of hydrogen-bond donors (Lipinski definition) is 3. The van der Waals surface area contributed by atoms with Gasteiger partial charge in [-0.25, -0.2) is 22.5 Å². The molecule has 1 aliphatic rings. The van der Waals surface area contributed by atoms with Crippen molar-refractivity contribution >= 4 is 16.0 Å². The third-order valence-electron chi connectivity index (χ3n) is 6.02. The van der Waals surface area contributed by atoms with E-state index in [-0.39, 0.29) is 31.0 Å². The highest BCUT2D eigenvalue weighted by molar-refractivity contribution is 7.90. The molecule has 34 heavy (non-hydrogen) atoms. The summed E-state index contributed by atoms with van der Waals surface area (Å²) in [7, 11) is -1.90. The van der Waals surface area contributed by atoms with Gasteiger partial charge in [0, 0.05) is 12.2 Å². The van der Waals surface area contributed by atoms with Gasteiger partial charge < -0.3 is 15.2 Å². The number of nitrogens with zero attached hydrogens (tertiary/aromatic N) is 1. The summed E-state index contributed by atoms with van der Waals surface area (Å²) in [5, 5.41) is 11.7. The second-order valence-corrected chi connectivity index (χ2v) is 10.9. The fourth-order valence-corrected chi connectivity index (χ4v) is 5.82. The lowest BCUT2D eigenvalue weighted by atomic mass is 9.96. The van der Waals surface area contributed by atoms with Crippen molar-refractivity contribution in [2.24, 2.45) is 4.99 Å². The lowest BCUT2D eigenvalue weighted by Crippen LogP contribution is -2.59. The number of ether oxygens (including phenoxy) is 1. The van der Waals surface area contributed by atoms with Crippen LogP contribution in [0.1, 0.15) is 49.4 Å². The van der Waals surface area contributed by atoms with Crippen LogP contribution < -0.4 is 10.0 Å². The zero-order chi connectivity index (χ0) is 24.8. The molecule has 0 saturated carbocycles. The molecule has 2 aromatic rings. The Morgan fingerprint density at radius 3 is 2.47 bits per heavy atom. The van der Waals surface area contributed by atoms with Gasteiger partial charge in [0.05, 0.1) is 6.04 Å². The normalized spacial score (nSPS) is 21.0. The van der Waals surface area contributed by atoms with Crippen molar-refractivity contribution in [3.8, 4) is 0 Å². The second-order valence-electron chi connectivity index (χ2n) is 9.05. The first-order valence-corrected chi connectivity index (χ1v) is 13.1. The SMILES string of the molecule is CNCCCc1ccc(CC2C(C)(C)OC(=NC(CCO)c3ccccc3F)NS2(=O)=O)cc1. The summed E-state index contributed by atoms with van der Waals surface area (Å²) in [5.41, 5.74) is 1.29. The molecule has 0 aromatic heterocycles. The van der Waals surface area contributed by atoms with Crippen molar-refractivity contribution in [2.45, 2.75) is 56.4 Å². The molecule has 0 aliphatic carbocycles. The number of aliphatic imine (C=N–C) groups is 1. The van der Waals surface area contributed by atoms with Crippen LogP contribution in [0, 0.1) is 5.82 Å². The largest absolute Gasteiger partial charge is 0.457 e. The first kappa shape index (κ1) is 26.1. The highest BCUT2D eigenvalue weighted by Gasteiger charge is 2.47. The van der Waals surface area contributed by atoms with E-state index in [1.165, 1.54) is 11.6 Å². The van der Waals surface area contributed by atoms with Gasteiger partial charge in [0.25, 0.3) is 6.02 Å². The van der Waals surface area contributed by atoms with Gasteiger partial charge in [0.1, 0.15) is 16.7 Å². The highest BCUT2D eigenvalue weighted by atomic mass is 32.2. The predicted octanol–water partition coefficient (Wildman–Crippen LogP) is 3.10. The van der Waals surface area contributed by atoms with E-state index in [1.54, 1.807) is 32.0 Å². The van der Waals surface area contributed by atoms with E-state index in [9.17, 15) is 17.9 Å². The van der Waals surface area contributed by atoms with E-state index in [0.29, 0.717) is 0 Å². The molecule has 2 aromatic carbocycles. The van der Waals surface area contributed by atoms with E-state index in [2.05, 4.69) is 15.0 Å². The van der Waals surface area contributed by atoms with Crippen LogP contribution >= 0.6 is 0 Å². The van der Waals surface area contributed by atoms with Gasteiger partial charge in [-0.05, 0) is 70.3 Å². The van der Waals surface area contributed by atoms with Crippen LogP contribution in [0.15, 0.2) is 53.5 Å². The van der Waals surface area contributed by atoms with E-state index in [0.717, 1.165) is 24.9 Å². The smallest absolute Gasteiger partial charge is 0.299 e. The van der Waals surface area contributed by atoms with Crippen molar-refractivity contribution in [3.05, 3.63) is 71.0 Å². The number of aliphatic hydroxyl groups is 1. The minimum Gasteiger partial charge on any atom is -0.457 e. The number of rotatable bonds is 10.